The lowest BCUT2D eigenvalue weighted by Gasteiger charge is -2.07. The molecule has 0 aliphatic carbocycles. The summed E-state index contributed by atoms with van der Waals surface area (Å²) in [5.41, 5.74) is 1.57. The van der Waals surface area contributed by atoms with E-state index in [1.165, 1.54) is 12.1 Å². The van der Waals surface area contributed by atoms with E-state index >= 15 is 0 Å². The molecule has 132 valence electrons. The second-order valence-corrected chi connectivity index (χ2v) is 6.10. The Bertz CT molecular complexity index is 797. The molecule has 2 aromatic rings. The minimum atomic E-state index is -4.44. The molecule has 1 N–H and O–H groups in total. The van der Waals surface area contributed by atoms with Gasteiger partial charge in [-0.05, 0) is 35.9 Å². The average molecular weight is 436 g/mol. The Morgan fingerprint density at radius 1 is 1.28 bits per heavy atom. The Hall–Kier alpha value is -2.06. The van der Waals surface area contributed by atoms with Gasteiger partial charge in [-0.1, -0.05) is 39.7 Å². The SMILES string of the molecule is O=C(COc1ccc(Br)cc1Cl)NN=Cc1cccc(C(F)(F)F)c1. The summed E-state index contributed by atoms with van der Waals surface area (Å²) in [6.07, 6.45) is -3.33. The molecule has 0 heterocycles. The molecule has 0 bridgehead atoms. The number of rotatable bonds is 5. The standard InChI is InChI=1S/C16H11BrClF3N2O2/c17-12-4-5-14(13(18)7-12)25-9-15(24)23-22-8-10-2-1-3-11(6-10)16(19,20)21/h1-8H,9H2,(H,23,24). The van der Waals surface area contributed by atoms with E-state index in [0.29, 0.717) is 10.8 Å². The fourth-order valence-corrected chi connectivity index (χ4v) is 2.47. The minimum Gasteiger partial charge on any atom is -0.482 e. The molecular formula is C16H11BrClF3N2O2. The summed E-state index contributed by atoms with van der Waals surface area (Å²) in [5, 5.41) is 3.93. The third kappa shape index (κ3) is 6.06. The van der Waals surface area contributed by atoms with Crippen molar-refractivity contribution in [2.75, 3.05) is 6.61 Å². The van der Waals surface area contributed by atoms with Gasteiger partial charge >= 0.3 is 6.18 Å². The lowest BCUT2D eigenvalue weighted by atomic mass is 10.1. The topological polar surface area (TPSA) is 50.7 Å². The van der Waals surface area contributed by atoms with Gasteiger partial charge in [0, 0.05) is 4.47 Å². The van der Waals surface area contributed by atoms with Gasteiger partial charge in [-0.3, -0.25) is 4.79 Å². The molecule has 9 heteroatoms. The molecule has 0 aromatic heterocycles. The molecule has 0 saturated carbocycles. The maximum absolute atomic E-state index is 12.6. The number of hydrogen-bond acceptors (Lipinski definition) is 3. The first kappa shape index (κ1) is 19.3. The second-order valence-electron chi connectivity index (χ2n) is 4.78. The lowest BCUT2D eigenvalue weighted by molar-refractivity contribution is -0.137. The van der Waals surface area contributed by atoms with Gasteiger partial charge in [-0.25, -0.2) is 5.43 Å². The molecule has 0 unspecified atom stereocenters. The van der Waals surface area contributed by atoms with Crippen LogP contribution < -0.4 is 10.2 Å². The molecule has 2 rings (SSSR count). The Labute approximate surface area is 154 Å². The molecule has 0 fully saturated rings. The third-order valence-corrected chi connectivity index (χ3v) is 3.66. The molecular weight excluding hydrogens is 425 g/mol. The zero-order valence-electron chi connectivity index (χ0n) is 12.5. The number of nitrogens with one attached hydrogen (secondary N) is 1. The van der Waals surface area contributed by atoms with E-state index in [2.05, 4.69) is 26.5 Å². The molecule has 1 amide bonds. The first-order chi connectivity index (χ1) is 11.8. The number of benzene rings is 2. The van der Waals surface area contributed by atoms with E-state index in [0.717, 1.165) is 22.8 Å². The van der Waals surface area contributed by atoms with Crippen LogP contribution in [-0.4, -0.2) is 18.7 Å². The average Bonchev–Trinajstić information content (AvgIpc) is 2.53. The monoisotopic (exact) mass is 434 g/mol. The van der Waals surface area contributed by atoms with Crippen molar-refractivity contribution in [1.29, 1.82) is 0 Å². The summed E-state index contributed by atoms with van der Waals surface area (Å²) in [5.74, 6) is -0.260. The van der Waals surface area contributed by atoms with E-state index in [-0.39, 0.29) is 12.2 Å². The number of carbonyl (C=O) groups is 1. The van der Waals surface area contributed by atoms with E-state index in [9.17, 15) is 18.0 Å². The van der Waals surface area contributed by atoms with Crippen LogP contribution in [0.15, 0.2) is 52.0 Å². The molecule has 0 saturated heterocycles. The summed E-state index contributed by atoms with van der Waals surface area (Å²) in [4.78, 5) is 11.6. The highest BCUT2D eigenvalue weighted by atomic mass is 79.9. The van der Waals surface area contributed by atoms with Crippen molar-refractivity contribution in [2.24, 2.45) is 5.10 Å². The summed E-state index contributed by atoms with van der Waals surface area (Å²) < 4.78 is 43.8. The van der Waals surface area contributed by atoms with Crippen molar-refractivity contribution in [2.45, 2.75) is 6.18 Å². The largest absolute Gasteiger partial charge is 0.482 e. The van der Waals surface area contributed by atoms with Crippen molar-refractivity contribution >= 4 is 39.7 Å². The Kier molecular flexibility index (Phi) is 6.44. The molecule has 0 radical (unpaired) electrons. The minimum absolute atomic E-state index is 0.201. The van der Waals surface area contributed by atoms with E-state index in [4.69, 9.17) is 16.3 Å². The Morgan fingerprint density at radius 2 is 2.04 bits per heavy atom. The van der Waals surface area contributed by atoms with Crippen molar-refractivity contribution in [1.82, 2.24) is 5.43 Å². The van der Waals surface area contributed by atoms with Crippen LogP contribution >= 0.6 is 27.5 Å². The van der Waals surface area contributed by atoms with Crippen LogP contribution in [0.1, 0.15) is 11.1 Å². The molecule has 2 aromatic carbocycles. The van der Waals surface area contributed by atoms with Crippen LogP contribution in [0.25, 0.3) is 0 Å². The summed E-state index contributed by atoms with van der Waals surface area (Å²) in [7, 11) is 0. The second kappa shape index (κ2) is 8.35. The van der Waals surface area contributed by atoms with Gasteiger partial charge in [0.2, 0.25) is 0 Å². The Balaban J connectivity index is 1.88. The zero-order valence-corrected chi connectivity index (χ0v) is 14.8. The number of carbonyl (C=O) groups excluding carboxylic acids is 1. The normalized spacial score (nSPS) is 11.6. The highest BCUT2D eigenvalue weighted by Crippen LogP contribution is 2.29. The van der Waals surface area contributed by atoms with Crippen molar-refractivity contribution in [3.05, 3.63) is 63.1 Å². The van der Waals surface area contributed by atoms with Gasteiger partial charge in [-0.2, -0.15) is 18.3 Å². The summed E-state index contributed by atoms with van der Waals surface area (Å²) in [6.45, 7) is -0.346. The first-order valence-electron chi connectivity index (χ1n) is 6.83. The third-order valence-electron chi connectivity index (χ3n) is 2.87. The van der Waals surface area contributed by atoms with Crippen LogP contribution in [0.3, 0.4) is 0 Å². The summed E-state index contributed by atoms with van der Waals surface area (Å²) in [6, 6.07) is 9.46. The number of alkyl halides is 3. The van der Waals surface area contributed by atoms with Gasteiger partial charge in [0.05, 0.1) is 16.8 Å². The number of amides is 1. The molecule has 0 atom stereocenters. The summed E-state index contributed by atoms with van der Waals surface area (Å²) >= 11 is 9.18. The highest BCUT2D eigenvalue weighted by molar-refractivity contribution is 9.10. The number of nitrogens with zero attached hydrogens (tertiary/aromatic N) is 1. The Morgan fingerprint density at radius 3 is 2.72 bits per heavy atom. The van der Waals surface area contributed by atoms with Crippen molar-refractivity contribution < 1.29 is 22.7 Å². The van der Waals surface area contributed by atoms with Gasteiger partial charge in [0.1, 0.15) is 5.75 Å². The fourth-order valence-electron chi connectivity index (χ4n) is 1.74. The predicted molar refractivity (Wildman–Crippen MR) is 91.8 cm³/mol. The van der Waals surface area contributed by atoms with Gasteiger partial charge in [0.25, 0.3) is 5.91 Å². The zero-order chi connectivity index (χ0) is 18.4. The number of ether oxygens (including phenoxy) is 1. The van der Waals surface area contributed by atoms with Crippen LogP contribution in [-0.2, 0) is 11.0 Å². The van der Waals surface area contributed by atoms with Crippen LogP contribution in [0.2, 0.25) is 5.02 Å². The smallest absolute Gasteiger partial charge is 0.416 e. The quantitative estimate of drug-likeness (QED) is 0.549. The van der Waals surface area contributed by atoms with Crippen LogP contribution in [0.4, 0.5) is 13.2 Å². The fraction of sp³-hybridized carbons (Fsp3) is 0.125. The molecule has 0 spiro atoms. The van der Waals surface area contributed by atoms with Gasteiger partial charge < -0.3 is 4.74 Å². The number of hydrogen-bond donors (Lipinski definition) is 1. The maximum Gasteiger partial charge on any atom is 0.416 e. The van der Waals surface area contributed by atoms with Crippen LogP contribution in [0, 0.1) is 0 Å². The van der Waals surface area contributed by atoms with Crippen molar-refractivity contribution in [3.63, 3.8) is 0 Å². The molecule has 0 aliphatic rings. The van der Waals surface area contributed by atoms with E-state index < -0.39 is 17.6 Å². The highest BCUT2D eigenvalue weighted by Gasteiger charge is 2.30. The first-order valence-corrected chi connectivity index (χ1v) is 8.00. The lowest BCUT2D eigenvalue weighted by Crippen LogP contribution is -2.24. The predicted octanol–water partition coefficient (Wildman–Crippen LogP) is 4.65. The molecule has 25 heavy (non-hydrogen) atoms. The molecule has 4 nitrogen and oxygen atoms in total. The number of halogens is 5. The molecule has 0 aliphatic heterocycles. The van der Waals surface area contributed by atoms with E-state index in [1.807, 2.05) is 0 Å². The maximum atomic E-state index is 12.6. The van der Waals surface area contributed by atoms with Gasteiger partial charge in [-0.15, -0.1) is 0 Å². The van der Waals surface area contributed by atoms with Crippen LogP contribution in [0.5, 0.6) is 5.75 Å². The number of hydrazone groups is 1. The van der Waals surface area contributed by atoms with E-state index in [1.54, 1.807) is 18.2 Å². The van der Waals surface area contributed by atoms with Gasteiger partial charge in [0.15, 0.2) is 6.61 Å². The van der Waals surface area contributed by atoms with Crippen molar-refractivity contribution in [3.8, 4) is 5.75 Å².